The van der Waals surface area contributed by atoms with Gasteiger partial charge in [-0.3, -0.25) is 19.3 Å². The van der Waals surface area contributed by atoms with Gasteiger partial charge in [0.25, 0.3) is 11.8 Å². The molecule has 1 heterocycles. The largest absolute Gasteiger partial charge is 0.445 e. The molecule has 0 spiro atoms. The van der Waals surface area contributed by atoms with E-state index in [1.807, 2.05) is 37.3 Å². The SMILES string of the molecule is CC(CCCCNC(=O)OCc1ccccc1)C(=O)N(C)CCCN1C(=O)c2ccccc2C1=O. The van der Waals surface area contributed by atoms with E-state index in [0.717, 1.165) is 18.4 Å². The number of imide groups is 1. The van der Waals surface area contributed by atoms with Gasteiger partial charge in [0, 0.05) is 32.6 Å². The van der Waals surface area contributed by atoms with Crippen molar-refractivity contribution in [2.75, 3.05) is 26.7 Å². The maximum Gasteiger partial charge on any atom is 0.407 e. The van der Waals surface area contributed by atoms with Crippen molar-refractivity contribution in [3.63, 3.8) is 0 Å². The zero-order valence-corrected chi connectivity index (χ0v) is 20.4. The third-order valence-corrected chi connectivity index (χ3v) is 6.10. The number of hydrogen-bond acceptors (Lipinski definition) is 5. The first-order valence-electron chi connectivity index (χ1n) is 12.0. The molecule has 2 aromatic rings. The van der Waals surface area contributed by atoms with Crippen LogP contribution < -0.4 is 5.32 Å². The Kier molecular flexibility index (Phi) is 9.40. The Morgan fingerprint density at radius 1 is 0.943 bits per heavy atom. The summed E-state index contributed by atoms with van der Waals surface area (Å²) in [6, 6.07) is 16.3. The van der Waals surface area contributed by atoms with E-state index < -0.39 is 6.09 Å². The molecular formula is C27H33N3O5. The molecule has 2 aromatic carbocycles. The summed E-state index contributed by atoms with van der Waals surface area (Å²) in [5, 5.41) is 2.73. The molecule has 0 aliphatic carbocycles. The minimum atomic E-state index is -0.448. The second-order valence-corrected chi connectivity index (χ2v) is 8.81. The lowest BCUT2D eigenvalue weighted by Crippen LogP contribution is -2.36. The second kappa shape index (κ2) is 12.7. The number of hydrogen-bond donors (Lipinski definition) is 1. The Morgan fingerprint density at radius 2 is 1.57 bits per heavy atom. The Bertz CT molecular complexity index is 1010. The lowest BCUT2D eigenvalue weighted by atomic mass is 10.0. The smallest absolute Gasteiger partial charge is 0.407 e. The van der Waals surface area contributed by atoms with Crippen LogP contribution in [0.4, 0.5) is 4.79 Å². The summed E-state index contributed by atoms with van der Waals surface area (Å²) >= 11 is 0. The Labute approximate surface area is 206 Å². The highest BCUT2D eigenvalue weighted by Crippen LogP contribution is 2.22. The molecule has 8 nitrogen and oxygen atoms in total. The lowest BCUT2D eigenvalue weighted by molar-refractivity contribution is -0.133. The van der Waals surface area contributed by atoms with Crippen LogP contribution in [-0.2, 0) is 16.1 Å². The van der Waals surface area contributed by atoms with Crippen molar-refractivity contribution < 1.29 is 23.9 Å². The van der Waals surface area contributed by atoms with Gasteiger partial charge in [0.2, 0.25) is 5.91 Å². The zero-order chi connectivity index (χ0) is 25.2. The number of ether oxygens (including phenoxy) is 1. The van der Waals surface area contributed by atoms with Crippen molar-refractivity contribution >= 4 is 23.8 Å². The van der Waals surface area contributed by atoms with Crippen LogP contribution in [0.25, 0.3) is 0 Å². The maximum absolute atomic E-state index is 12.7. The topological polar surface area (TPSA) is 96.0 Å². The summed E-state index contributed by atoms with van der Waals surface area (Å²) in [4.78, 5) is 52.2. The first kappa shape index (κ1) is 25.9. The number of unbranched alkanes of at least 4 members (excludes halogenated alkanes) is 1. The van der Waals surface area contributed by atoms with Gasteiger partial charge < -0.3 is 15.0 Å². The van der Waals surface area contributed by atoms with Crippen molar-refractivity contribution in [3.8, 4) is 0 Å². The van der Waals surface area contributed by atoms with Crippen LogP contribution in [0.3, 0.4) is 0 Å². The van der Waals surface area contributed by atoms with E-state index in [1.165, 1.54) is 4.90 Å². The van der Waals surface area contributed by atoms with Crippen LogP contribution in [0, 0.1) is 5.92 Å². The Hall–Kier alpha value is -3.68. The quantitative estimate of drug-likeness (QED) is 0.368. The number of nitrogens with one attached hydrogen (secondary N) is 1. The predicted octanol–water partition coefficient (Wildman–Crippen LogP) is 3.86. The number of fused-ring (bicyclic) bond motifs is 1. The van der Waals surface area contributed by atoms with E-state index in [-0.39, 0.29) is 36.8 Å². The van der Waals surface area contributed by atoms with Crippen LogP contribution in [0.15, 0.2) is 54.6 Å². The molecule has 0 aromatic heterocycles. The van der Waals surface area contributed by atoms with Crippen LogP contribution in [0.1, 0.15) is 58.9 Å². The van der Waals surface area contributed by atoms with E-state index in [9.17, 15) is 19.2 Å². The van der Waals surface area contributed by atoms with E-state index in [4.69, 9.17) is 4.74 Å². The van der Waals surface area contributed by atoms with Crippen molar-refractivity contribution in [3.05, 3.63) is 71.3 Å². The van der Waals surface area contributed by atoms with Gasteiger partial charge >= 0.3 is 6.09 Å². The second-order valence-electron chi connectivity index (χ2n) is 8.81. The molecule has 3 rings (SSSR count). The van der Waals surface area contributed by atoms with Gasteiger partial charge in [0.05, 0.1) is 11.1 Å². The van der Waals surface area contributed by atoms with Gasteiger partial charge in [-0.05, 0) is 37.0 Å². The first-order chi connectivity index (χ1) is 16.9. The first-order valence-corrected chi connectivity index (χ1v) is 12.0. The molecule has 0 bridgehead atoms. The van der Waals surface area contributed by atoms with E-state index in [0.29, 0.717) is 37.1 Å². The zero-order valence-electron chi connectivity index (χ0n) is 20.4. The number of carbonyl (C=O) groups is 4. The number of rotatable bonds is 12. The number of carbonyl (C=O) groups excluding carboxylic acids is 4. The lowest BCUT2D eigenvalue weighted by Gasteiger charge is -2.22. The van der Waals surface area contributed by atoms with Crippen LogP contribution >= 0.6 is 0 Å². The number of alkyl carbamates (subject to hydrolysis) is 1. The standard InChI is InChI=1S/C27H33N3O5/c1-20(11-8-9-16-28-27(34)35-19-21-12-4-3-5-13-21)24(31)29(2)17-10-18-30-25(32)22-14-6-7-15-23(22)26(30)33/h3-7,12-15,20H,8-11,16-19H2,1-2H3,(H,28,34). The molecule has 1 aliphatic heterocycles. The molecule has 1 aliphatic rings. The fraction of sp³-hybridized carbons (Fsp3) is 0.407. The minimum Gasteiger partial charge on any atom is -0.445 e. The van der Waals surface area contributed by atoms with E-state index in [2.05, 4.69) is 5.32 Å². The average Bonchev–Trinajstić information content (AvgIpc) is 3.12. The van der Waals surface area contributed by atoms with Gasteiger partial charge in [0.1, 0.15) is 6.61 Å². The summed E-state index contributed by atoms with van der Waals surface area (Å²) in [5.41, 5.74) is 1.81. The molecule has 1 atom stereocenters. The molecule has 0 fully saturated rings. The number of amides is 4. The molecule has 1 N–H and O–H groups in total. The van der Waals surface area contributed by atoms with E-state index >= 15 is 0 Å². The summed E-state index contributed by atoms with van der Waals surface area (Å²) in [7, 11) is 1.74. The number of benzene rings is 2. The Balaban J connectivity index is 1.27. The molecule has 4 amide bonds. The van der Waals surface area contributed by atoms with Crippen molar-refractivity contribution in [1.29, 1.82) is 0 Å². The molecule has 1 unspecified atom stereocenters. The molecule has 0 saturated carbocycles. The highest BCUT2D eigenvalue weighted by Gasteiger charge is 2.34. The van der Waals surface area contributed by atoms with Gasteiger partial charge in [-0.25, -0.2) is 4.79 Å². The summed E-state index contributed by atoms with van der Waals surface area (Å²) in [6.07, 6.45) is 2.34. The van der Waals surface area contributed by atoms with Gasteiger partial charge in [-0.15, -0.1) is 0 Å². The monoisotopic (exact) mass is 479 g/mol. The maximum atomic E-state index is 12.7. The van der Waals surface area contributed by atoms with Gasteiger partial charge in [-0.2, -0.15) is 0 Å². The van der Waals surface area contributed by atoms with E-state index in [1.54, 1.807) is 36.2 Å². The molecule has 0 saturated heterocycles. The molecule has 8 heteroatoms. The van der Waals surface area contributed by atoms with Crippen LogP contribution in [0.2, 0.25) is 0 Å². The van der Waals surface area contributed by atoms with Crippen molar-refractivity contribution in [2.45, 2.75) is 39.2 Å². The highest BCUT2D eigenvalue weighted by molar-refractivity contribution is 6.21. The summed E-state index contributed by atoms with van der Waals surface area (Å²) in [6.45, 7) is 3.36. The molecule has 186 valence electrons. The summed E-state index contributed by atoms with van der Waals surface area (Å²) in [5.74, 6) is -0.664. The minimum absolute atomic E-state index is 0.0302. The third-order valence-electron chi connectivity index (χ3n) is 6.10. The van der Waals surface area contributed by atoms with Crippen molar-refractivity contribution in [1.82, 2.24) is 15.1 Å². The fourth-order valence-electron chi connectivity index (χ4n) is 4.06. The fourth-order valence-corrected chi connectivity index (χ4v) is 4.06. The van der Waals surface area contributed by atoms with Crippen LogP contribution in [0.5, 0.6) is 0 Å². The van der Waals surface area contributed by atoms with Gasteiger partial charge in [-0.1, -0.05) is 55.8 Å². The average molecular weight is 480 g/mol. The summed E-state index contributed by atoms with van der Waals surface area (Å²) < 4.78 is 5.18. The number of nitrogens with zero attached hydrogens (tertiary/aromatic N) is 2. The molecule has 35 heavy (non-hydrogen) atoms. The van der Waals surface area contributed by atoms with Crippen LogP contribution in [-0.4, -0.2) is 60.3 Å². The molecule has 0 radical (unpaired) electrons. The van der Waals surface area contributed by atoms with Crippen molar-refractivity contribution in [2.24, 2.45) is 5.92 Å². The molecular weight excluding hydrogens is 446 g/mol. The predicted molar refractivity (Wildman–Crippen MR) is 132 cm³/mol. The highest BCUT2D eigenvalue weighted by atomic mass is 16.5. The normalized spacial score (nSPS) is 13.4. The van der Waals surface area contributed by atoms with Gasteiger partial charge in [0.15, 0.2) is 0 Å². The Morgan fingerprint density at radius 3 is 2.23 bits per heavy atom. The third kappa shape index (κ3) is 7.15.